The third-order valence-electron chi connectivity index (χ3n) is 3.72. The number of hydrogen-bond acceptors (Lipinski definition) is 4. The molecule has 0 aliphatic heterocycles. The van der Waals surface area contributed by atoms with E-state index in [0.29, 0.717) is 0 Å². The van der Waals surface area contributed by atoms with Gasteiger partial charge in [-0.3, -0.25) is 4.79 Å². The van der Waals surface area contributed by atoms with Crippen molar-refractivity contribution in [1.29, 1.82) is 0 Å². The Morgan fingerprint density at radius 1 is 0.917 bits per heavy atom. The molecule has 2 aromatic rings. The minimum Gasteiger partial charge on any atom is -0.497 e. The topological polar surface area (TPSA) is 47.6 Å². The molecule has 0 radical (unpaired) electrons. The Bertz CT molecular complexity index is 655. The molecule has 0 aliphatic rings. The molecule has 0 aliphatic carbocycles. The summed E-state index contributed by atoms with van der Waals surface area (Å²) < 4.78 is 10.3. The molecule has 0 aromatic heterocycles. The van der Waals surface area contributed by atoms with Crippen molar-refractivity contribution in [3.8, 4) is 11.5 Å². The number of ether oxygens (including phenoxy) is 2. The van der Waals surface area contributed by atoms with Gasteiger partial charge in [-0.25, -0.2) is 0 Å². The van der Waals surface area contributed by atoms with Gasteiger partial charge in [0.25, 0.3) is 0 Å². The number of thioether (sulfide) groups is 1. The highest BCUT2D eigenvalue weighted by Gasteiger charge is 2.17. The molecular formula is C19H23NO3S. The lowest BCUT2D eigenvalue weighted by Gasteiger charge is -2.18. The number of nitrogens with one attached hydrogen (secondary N) is 1. The van der Waals surface area contributed by atoms with Crippen LogP contribution in [-0.4, -0.2) is 25.4 Å². The van der Waals surface area contributed by atoms with Gasteiger partial charge in [0, 0.05) is 4.90 Å². The Kier molecular flexibility index (Phi) is 6.55. The number of carbonyl (C=O) groups is 1. The maximum absolute atomic E-state index is 12.4. The highest BCUT2D eigenvalue weighted by Crippen LogP contribution is 2.26. The molecule has 0 bridgehead atoms. The van der Waals surface area contributed by atoms with Crippen molar-refractivity contribution in [2.45, 2.75) is 30.0 Å². The molecule has 0 saturated carbocycles. The van der Waals surface area contributed by atoms with Crippen molar-refractivity contribution in [3.63, 3.8) is 0 Å². The number of benzene rings is 2. The summed E-state index contributed by atoms with van der Waals surface area (Å²) in [5, 5.41) is 2.87. The first-order valence-corrected chi connectivity index (χ1v) is 8.66. The predicted octanol–water partition coefficient (Wildman–Crippen LogP) is 4.06. The van der Waals surface area contributed by atoms with E-state index < -0.39 is 0 Å². The third-order valence-corrected chi connectivity index (χ3v) is 4.83. The Morgan fingerprint density at radius 3 is 1.92 bits per heavy atom. The molecule has 5 heteroatoms. The predicted molar refractivity (Wildman–Crippen MR) is 97.9 cm³/mol. The average Bonchev–Trinajstić information content (AvgIpc) is 2.62. The van der Waals surface area contributed by atoms with E-state index in [2.05, 4.69) is 5.32 Å². The van der Waals surface area contributed by atoms with Crippen LogP contribution in [0.1, 0.15) is 25.5 Å². The molecule has 0 fully saturated rings. The SMILES string of the molecule is COc1ccc(S[C@H](C)C(=O)N[C@@H](C)c2ccc(OC)cc2)cc1. The van der Waals surface area contributed by atoms with Crippen molar-refractivity contribution in [2.24, 2.45) is 0 Å². The van der Waals surface area contributed by atoms with Gasteiger partial charge in [-0.05, 0) is 55.8 Å². The van der Waals surface area contributed by atoms with Gasteiger partial charge in [0.15, 0.2) is 0 Å². The van der Waals surface area contributed by atoms with Crippen LogP contribution in [0.4, 0.5) is 0 Å². The summed E-state index contributed by atoms with van der Waals surface area (Å²) in [5.41, 5.74) is 1.05. The quantitative estimate of drug-likeness (QED) is 0.769. The van der Waals surface area contributed by atoms with Gasteiger partial charge in [0.1, 0.15) is 11.5 Å². The van der Waals surface area contributed by atoms with Crippen molar-refractivity contribution in [3.05, 3.63) is 54.1 Å². The standard InChI is InChI=1S/C19H23NO3S/c1-13(15-5-7-16(22-3)8-6-15)20-19(21)14(2)24-18-11-9-17(23-4)10-12-18/h5-14H,1-4H3,(H,20,21)/t13-,14+/m0/s1. The van der Waals surface area contributed by atoms with Gasteiger partial charge in [-0.2, -0.15) is 0 Å². The van der Waals surface area contributed by atoms with Crippen molar-refractivity contribution < 1.29 is 14.3 Å². The van der Waals surface area contributed by atoms with E-state index >= 15 is 0 Å². The number of carbonyl (C=O) groups excluding carboxylic acids is 1. The van der Waals surface area contributed by atoms with Crippen molar-refractivity contribution in [1.82, 2.24) is 5.32 Å². The first-order valence-electron chi connectivity index (χ1n) is 7.78. The van der Waals surface area contributed by atoms with E-state index in [1.165, 1.54) is 11.8 Å². The Balaban J connectivity index is 1.91. The largest absolute Gasteiger partial charge is 0.497 e. The second-order valence-electron chi connectivity index (χ2n) is 5.44. The van der Waals surface area contributed by atoms with Gasteiger partial charge in [0.05, 0.1) is 25.5 Å². The highest BCUT2D eigenvalue weighted by molar-refractivity contribution is 8.00. The summed E-state index contributed by atoms with van der Waals surface area (Å²) in [6.45, 7) is 3.88. The molecule has 2 aromatic carbocycles. The van der Waals surface area contributed by atoms with E-state index in [1.54, 1.807) is 14.2 Å². The lowest BCUT2D eigenvalue weighted by atomic mass is 10.1. The van der Waals surface area contributed by atoms with Crippen LogP contribution in [0.3, 0.4) is 0 Å². The Morgan fingerprint density at radius 2 is 1.42 bits per heavy atom. The van der Waals surface area contributed by atoms with Crippen molar-refractivity contribution >= 4 is 17.7 Å². The molecule has 24 heavy (non-hydrogen) atoms. The molecule has 0 heterocycles. The third kappa shape index (κ3) is 4.93. The van der Waals surface area contributed by atoms with Gasteiger partial charge in [-0.1, -0.05) is 12.1 Å². The average molecular weight is 345 g/mol. The fourth-order valence-corrected chi connectivity index (χ4v) is 3.10. The first kappa shape index (κ1) is 18.2. The summed E-state index contributed by atoms with van der Waals surface area (Å²) in [5.74, 6) is 1.63. The number of amides is 1. The summed E-state index contributed by atoms with van der Waals surface area (Å²) in [6.07, 6.45) is 0. The Hall–Kier alpha value is -2.14. The molecule has 2 atom stereocenters. The summed E-state index contributed by atoms with van der Waals surface area (Å²) in [7, 11) is 3.27. The molecule has 1 N–H and O–H groups in total. The fraction of sp³-hybridized carbons (Fsp3) is 0.316. The number of rotatable bonds is 7. The smallest absolute Gasteiger partial charge is 0.233 e. The minimum atomic E-state index is -0.181. The fourth-order valence-electron chi connectivity index (χ4n) is 2.22. The van der Waals surface area contributed by atoms with Crippen LogP contribution < -0.4 is 14.8 Å². The van der Waals surface area contributed by atoms with Crippen LogP contribution in [0.5, 0.6) is 11.5 Å². The lowest BCUT2D eigenvalue weighted by molar-refractivity contribution is -0.120. The molecular weight excluding hydrogens is 322 g/mol. The van der Waals surface area contributed by atoms with Gasteiger partial charge >= 0.3 is 0 Å². The molecule has 2 rings (SSSR count). The second kappa shape index (κ2) is 8.64. The van der Waals surface area contributed by atoms with Gasteiger partial charge in [0.2, 0.25) is 5.91 Å². The summed E-state index contributed by atoms with van der Waals surface area (Å²) in [4.78, 5) is 13.4. The number of methoxy groups -OCH3 is 2. The zero-order chi connectivity index (χ0) is 17.5. The van der Waals surface area contributed by atoms with Crippen LogP contribution in [-0.2, 0) is 4.79 Å². The van der Waals surface area contributed by atoms with Crippen LogP contribution in [0, 0.1) is 0 Å². The molecule has 0 saturated heterocycles. The highest BCUT2D eigenvalue weighted by atomic mass is 32.2. The minimum absolute atomic E-state index is 0.0131. The monoisotopic (exact) mass is 345 g/mol. The molecule has 4 nitrogen and oxygen atoms in total. The lowest BCUT2D eigenvalue weighted by Crippen LogP contribution is -2.33. The van der Waals surface area contributed by atoms with Crippen molar-refractivity contribution in [2.75, 3.05) is 14.2 Å². The maximum atomic E-state index is 12.4. The molecule has 128 valence electrons. The van der Waals surface area contributed by atoms with Crippen LogP contribution in [0.2, 0.25) is 0 Å². The summed E-state index contributed by atoms with van der Waals surface area (Å²) in [6, 6.07) is 15.4. The zero-order valence-electron chi connectivity index (χ0n) is 14.4. The summed E-state index contributed by atoms with van der Waals surface area (Å²) >= 11 is 1.53. The zero-order valence-corrected chi connectivity index (χ0v) is 15.2. The second-order valence-corrected chi connectivity index (χ2v) is 6.85. The van der Waals surface area contributed by atoms with Crippen LogP contribution in [0.25, 0.3) is 0 Å². The van der Waals surface area contributed by atoms with Gasteiger partial charge in [-0.15, -0.1) is 11.8 Å². The molecule has 0 unspecified atom stereocenters. The van der Waals surface area contributed by atoms with E-state index in [-0.39, 0.29) is 17.2 Å². The van der Waals surface area contributed by atoms with Gasteiger partial charge < -0.3 is 14.8 Å². The first-order chi connectivity index (χ1) is 11.5. The molecule has 0 spiro atoms. The maximum Gasteiger partial charge on any atom is 0.233 e. The van der Waals surface area contributed by atoms with E-state index in [1.807, 2.05) is 62.4 Å². The number of hydrogen-bond donors (Lipinski definition) is 1. The normalized spacial score (nSPS) is 13.0. The van der Waals surface area contributed by atoms with Crippen LogP contribution >= 0.6 is 11.8 Å². The van der Waals surface area contributed by atoms with E-state index in [9.17, 15) is 4.79 Å². The van der Waals surface area contributed by atoms with Crippen LogP contribution in [0.15, 0.2) is 53.4 Å². The Labute approximate surface area is 147 Å². The van der Waals surface area contributed by atoms with E-state index in [4.69, 9.17) is 9.47 Å². The van der Waals surface area contributed by atoms with E-state index in [0.717, 1.165) is 22.0 Å². The molecule has 1 amide bonds.